The molecule has 1 aliphatic heterocycles. The topological polar surface area (TPSA) is 45.4 Å². The van der Waals surface area contributed by atoms with Gasteiger partial charge in [-0.05, 0) is 37.5 Å². The summed E-state index contributed by atoms with van der Waals surface area (Å²) in [6.07, 6.45) is 12.3. The summed E-state index contributed by atoms with van der Waals surface area (Å²) in [5.41, 5.74) is 5.20. The molecule has 0 fully saturated rings. The third kappa shape index (κ3) is 2.40. The summed E-state index contributed by atoms with van der Waals surface area (Å²) in [6.45, 7) is 2.78. The SMILES string of the molecule is Cc1ccc2c(oc3ccccc32)c1N1CN(C2=CCCC=C2)c2nccnc21. The largest absolute Gasteiger partial charge is 0.454 e. The first-order valence-electron chi connectivity index (χ1n) is 9.95. The Morgan fingerprint density at radius 2 is 1.72 bits per heavy atom. The van der Waals surface area contributed by atoms with E-state index in [-0.39, 0.29) is 0 Å². The van der Waals surface area contributed by atoms with Crippen LogP contribution in [0.5, 0.6) is 0 Å². The van der Waals surface area contributed by atoms with E-state index in [1.54, 1.807) is 12.4 Å². The highest BCUT2D eigenvalue weighted by Gasteiger charge is 2.33. The summed E-state index contributed by atoms with van der Waals surface area (Å²) in [6, 6.07) is 12.5. The number of fused-ring (bicyclic) bond motifs is 4. The number of aryl methyl sites for hydroxylation is 1. The average molecular weight is 380 g/mol. The fourth-order valence-electron chi connectivity index (χ4n) is 4.37. The van der Waals surface area contributed by atoms with Crippen LogP contribution in [-0.4, -0.2) is 16.6 Å². The van der Waals surface area contributed by atoms with Crippen LogP contribution in [-0.2, 0) is 0 Å². The van der Waals surface area contributed by atoms with Gasteiger partial charge in [-0.3, -0.25) is 0 Å². The maximum atomic E-state index is 6.34. The molecule has 3 heterocycles. The van der Waals surface area contributed by atoms with Gasteiger partial charge in [0.25, 0.3) is 0 Å². The molecule has 0 spiro atoms. The fraction of sp³-hybridized carbons (Fsp3) is 0.167. The number of benzene rings is 2. The highest BCUT2D eigenvalue weighted by atomic mass is 16.3. The zero-order valence-electron chi connectivity index (χ0n) is 16.2. The van der Waals surface area contributed by atoms with Gasteiger partial charge in [-0.15, -0.1) is 0 Å². The molecule has 0 atom stereocenters. The first-order valence-corrected chi connectivity index (χ1v) is 9.95. The summed E-state index contributed by atoms with van der Waals surface area (Å²) in [5.74, 6) is 1.75. The standard InChI is InChI=1S/C24H20N4O/c1-16-11-12-19-18-9-5-6-10-20(18)29-22(19)21(16)28-15-27(17-7-3-2-4-8-17)23-24(28)26-14-13-25-23/h3,5-14H,2,4,15H2,1H3. The summed E-state index contributed by atoms with van der Waals surface area (Å²) in [5, 5.41) is 2.26. The third-order valence-corrected chi connectivity index (χ3v) is 5.73. The number of nitrogens with zero attached hydrogens (tertiary/aromatic N) is 4. The van der Waals surface area contributed by atoms with Gasteiger partial charge in [0.05, 0.1) is 5.69 Å². The average Bonchev–Trinajstić information content (AvgIpc) is 3.33. The van der Waals surface area contributed by atoms with Gasteiger partial charge in [-0.1, -0.05) is 42.5 Å². The maximum absolute atomic E-state index is 6.34. The van der Waals surface area contributed by atoms with Gasteiger partial charge in [0.1, 0.15) is 12.3 Å². The molecule has 0 radical (unpaired) electrons. The highest BCUT2D eigenvalue weighted by Crippen LogP contribution is 2.45. The van der Waals surface area contributed by atoms with E-state index >= 15 is 0 Å². The van der Waals surface area contributed by atoms with Crippen molar-refractivity contribution in [3.05, 3.63) is 78.3 Å². The zero-order valence-corrected chi connectivity index (χ0v) is 16.2. The Bertz CT molecular complexity index is 1320. The van der Waals surface area contributed by atoms with Crippen LogP contribution in [0.3, 0.4) is 0 Å². The van der Waals surface area contributed by atoms with Crippen LogP contribution in [0.25, 0.3) is 21.9 Å². The van der Waals surface area contributed by atoms with Crippen molar-refractivity contribution in [2.24, 2.45) is 0 Å². The molecular weight excluding hydrogens is 360 g/mol. The Morgan fingerprint density at radius 1 is 0.897 bits per heavy atom. The number of anilines is 3. The molecule has 5 nitrogen and oxygen atoms in total. The monoisotopic (exact) mass is 380 g/mol. The molecule has 142 valence electrons. The number of hydrogen-bond acceptors (Lipinski definition) is 5. The number of para-hydroxylation sites is 1. The van der Waals surface area contributed by atoms with Crippen LogP contribution in [0.1, 0.15) is 18.4 Å². The predicted molar refractivity (Wildman–Crippen MR) is 116 cm³/mol. The van der Waals surface area contributed by atoms with E-state index in [0.29, 0.717) is 6.67 Å². The second kappa shape index (κ2) is 6.21. The summed E-state index contributed by atoms with van der Waals surface area (Å²) in [7, 11) is 0. The first-order chi connectivity index (χ1) is 14.3. The van der Waals surface area contributed by atoms with Gasteiger partial charge in [0.15, 0.2) is 17.2 Å². The summed E-state index contributed by atoms with van der Waals surface area (Å²) in [4.78, 5) is 13.8. The molecule has 6 rings (SSSR count). The fourth-order valence-corrected chi connectivity index (χ4v) is 4.37. The first kappa shape index (κ1) is 16.4. The predicted octanol–water partition coefficient (Wildman–Crippen LogP) is 5.83. The molecule has 0 bridgehead atoms. The van der Waals surface area contributed by atoms with E-state index in [2.05, 4.69) is 64.2 Å². The minimum atomic E-state index is 0.659. The molecule has 0 unspecified atom stereocenters. The Balaban J connectivity index is 1.57. The lowest BCUT2D eigenvalue weighted by molar-refractivity contribution is 0.667. The van der Waals surface area contributed by atoms with Gasteiger partial charge in [-0.2, -0.15) is 0 Å². The van der Waals surface area contributed by atoms with Gasteiger partial charge in [-0.25, -0.2) is 9.97 Å². The third-order valence-electron chi connectivity index (χ3n) is 5.73. The Hall–Kier alpha value is -3.60. The van der Waals surface area contributed by atoms with Crippen molar-refractivity contribution < 1.29 is 4.42 Å². The lowest BCUT2D eigenvalue weighted by Crippen LogP contribution is -2.28. The van der Waals surface area contributed by atoms with E-state index in [4.69, 9.17) is 9.40 Å². The lowest BCUT2D eigenvalue weighted by Gasteiger charge is -2.24. The van der Waals surface area contributed by atoms with Gasteiger partial charge < -0.3 is 14.2 Å². The number of furan rings is 1. The quantitative estimate of drug-likeness (QED) is 0.437. The Kier molecular flexibility index (Phi) is 3.50. The Morgan fingerprint density at radius 3 is 2.55 bits per heavy atom. The van der Waals surface area contributed by atoms with Crippen molar-refractivity contribution >= 4 is 39.3 Å². The molecule has 0 saturated heterocycles. The van der Waals surface area contributed by atoms with Crippen molar-refractivity contribution in [2.45, 2.75) is 19.8 Å². The number of hydrogen-bond donors (Lipinski definition) is 0. The van der Waals surface area contributed by atoms with Crippen molar-refractivity contribution in [3.8, 4) is 0 Å². The van der Waals surface area contributed by atoms with Crippen LogP contribution in [0.4, 0.5) is 17.3 Å². The highest BCUT2D eigenvalue weighted by molar-refractivity contribution is 6.10. The molecule has 2 aromatic heterocycles. The Labute approximate surface area is 168 Å². The van der Waals surface area contributed by atoms with Crippen LogP contribution < -0.4 is 9.80 Å². The van der Waals surface area contributed by atoms with E-state index < -0.39 is 0 Å². The molecule has 5 heteroatoms. The maximum Gasteiger partial charge on any atom is 0.178 e. The molecule has 2 aromatic carbocycles. The second-order valence-electron chi connectivity index (χ2n) is 7.52. The van der Waals surface area contributed by atoms with Gasteiger partial charge >= 0.3 is 0 Å². The normalized spacial score (nSPS) is 16.0. The molecule has 0 saturated carbocycles. The lowest BCUT2D eigenvalue weighted by atomic mass is 10.1. The molecule has 1 aliphatic carbocycles. The van der Waals surface area contributed by atoms with E-state index in [1.165, 1.54) is 5.70 Å². The van der Waals surface area contributed by atoms with Crippen molar-refractivity contribution in [1.82, 2.24) is 9.97 Å². The van der Waals surface area contributed by atoms with E-state index in [1.807, 2.05) is 12.1 Å². The molecule has 2 aliphatic rings. The molecule has 29 heavy (non-hydrogen) atoms. The van der Waals surface area contributed by atoms with E-state index in [0.717, 1.165) is 57.7 Å². The number of rotatable bonds is 2. The van der Waals surface area contributed by atoms with Crippen molar-refractivity contribution in [3.63, 3.8) is 0 Å². The minimum Gasteiger partial charge on any atom is -0.454 e. The molecular formula is C24H20N4O. The second-order valence-corrected chi connectivity index (χ2v) is 7.52. The van der Waals surface area contributed by atoms with Crippen molar-refractivity contribution in [2.75, 3.05) is 16.5 Å². The number of allylic oxidation sites excluding steroid dienone is 3. The molecule has 0 N–H and O–H groups in total. The summed E-state index contributed by atoms with van der Waals surface area (Å²) >= 11 is 0. The van der Waals surface area contributed by atoms with Gasteiger partial charge in [0.2, 0.25) is 0 Å². The summed E-state index contributed by atoms with van der Waals surface area (Å²) < 4.78 is 6.34. The van der Waals surface area contributed by atoms with Crippen LogP contribution >= 0.6 is 0 Å². The molecule has 0 amide bonds. The number of aromatic nitrogens is 2. The zero-order chi connectivity index (χ0) is 19.4. The minimum absolute atomic E-state index is 0.659. The van der Waals surface area contributed by atoms with Crippen LogP contribution in [0, 0.1) is 6.92 Å². The van der Waals surface area contributed by atoms with E-state index in [9.17, 15) is 0 Å². The van der Waals surface area contributed by atoms with Crippen molar-refractivity contribution in [1.29, 1.82) is 0 Å². The van der Waals surface area contributed by atoms with Crippen LogP contribution in [0.2, 0.25) is 0 Å². The smallest absolute Gasteiger partial charge is 0.178 e. The molecule has 4 aromatic rings. The van der Waals surface area contributed by atoms with Gasteiger partial charge in [0, 0.05) is 28.9 Å². The van der Waals surface area contributed by atoms with Crippen LogP contribution in [0.15, 0.2) is 77.1 Å².